The van der Waals surface area contributed by atoms with Crippen LogP contribution in [-0.2, 0) is 9.53 Å². The fourth-order valence-corrected chi connectivity index (χ4v) is 2.82. The van der Waals surface area contributed by atoms with E-state index in [-0.39, 0.29) is 5.92 Å². The topological polar surface area (TPSA) is 58.6 Å². The zero-order valence-electron chi connectivity index (χ0n) is 9.65. The van der Waals surface area contributed by atoms with Crippen LogP contribution in [0, 0.1) is 17.8 Å². The van der Waals surface area contributed by atoms with E-state index in [0.717, 1.165) is 52.0 Å². The van der Waals surface area contributed by atoms with Gasteiger partial charge in [0.25, 0.3) is 0 Å². The predicted molar refractivity (Wildman–Crippen MR) is 60.3 cm³/mol. The van der Waals surface area contributed by atoms with Crippen LogP contribution in [0.4, 0.5) is 0 Å². The molecular formula is C12H21NO3. The van der Waals surface area contributed by atoms with Crippen LogP contribution in [0.25, 0.3) is 0 Å². The summed E-state index contributed by atoms with van der Waals surface area (Å²) in [6.07, 6.45) is 4.12. The number of ether oxygens (including phenoxy) is 1. The molecule has 2 rings (SSSR count). The smallest absolute Gasteiger partial charge is 0.306 e. The standard InChI is InChI=1S/C12H21NO3/c14-12(15)11-3-1-2-10(11)7-13-6-9-4-5-16-8-9/h9-11,13H,1-8H2,(H,14,15). The molecule has 0 aromatic rings. The van der Waals surface area contributed by atoms with Crippen molar-refractivity contribution in [1.29, 1.82) is 0 Å². The zero-order valence-corrected chi connectivity index (χ0v) is 9.65. The summed E-state index contributed by atoms with van der Waals surface area (Å²) in [6, 6.07) is 0. The molecule has 1 saturated heterocycles. The molecule has 0 bridgehead atoms. The van der Waals surface area contributed by atoms with Gasteiger partial charge in [0.1, 0.15) is 0 Å². The monoisotopic (exact) mass is 227 g/mol. The van der Waals surface area contributed by atoms with Crippen molar-refractivity contribution in [2.45, 2.75) is 25.7 Å². The highest BCUT2D eigenvalue weighted by atomic mass is 16.5. The summed E-state index contributed by atoms with van der Waals surface area (Å²) in [5.41, 5.74) is 0. The quantitative estimate of drug-likeness (QED) is 0.738. The van der Waals surface area contributed by atoms with E-state index < -0.39 is 5.97 Å². The summed E-state index contributed by atoms with van der Waals surface area (Å²) in [6.45, 7) is 3.57. The van der Waals surface area contributed by atoms with Gasteiger partial charge < -0.3 is 15.2 Å². The Bertz CT molecular complexity index is 238. The first-order valence-corrected chi connectivity index (χ1v) is 6.28. The number of hydrogen-bond acceptors (Lipinski definition) is 3. The first kappa shape index (κ1) is 11.9. The molecular weight excluding hydrogens is 206 g/mol. The molecule has 1 saturated carbocycles. The van der Waals surface area contributed by atoms with Crippen LogP contribution in [0.5, 0.6) is 0 Å². The first-order valence-electron chi connectivity index (χ1n) is 6.28. The molecule has 2 fully saturated rings. The number of nitrogens with one attached hydrogen (secondary N) is 1. The number of carboxylic acids is 1. The van der Waals surface area contributed by atoms with Gasteiger partial charge in [-0.1, -0.05) is 6.42 Å². The fraction of sp³-hybridized carbons (Fsp3) is 0.917. The van der Waals surface area contributed by atoms with E-state index in [1.807, 2.05) is 0 Å². The molecule has 0 radical (unpaired) electrons. The van der Waals surface area contributed by atoms with Gasteiger partial charge in [0.05, 0.1) is 12.5 Å². The number of hydrogen-bond donors (Lipinski definition) is 2. The van der Waals surface area contributed by atoms with Crippen LogP contribution in [0.15, 0.2) is 0 Å². The van der Waals surface area contributed by atoms with Crippen LogP contribution >= 0.6 is 0 Å². The van der Waals surface area contributed by atoms with Gasteiger partial charge in [0.15, 0.2) is 0 Å². The van der Waals surface area contributed by atoms with Crippen molar-refractivity contribution in [3.63, 3.8) is 0 Å². The van der Waals surface area contributed by atoms with Crippen LogP contribution < -0.4 is 5.32 Å². The number of carboxylic acid groups (broad SMARTS) is 1. The Kier molecular flexibility index (Phi) is 4.18. The molecule has 4 heteroatoms. The maximum absolute atomic E-state index is 11.0. The van der Waals surface area contributed by atoms with Gasteiger partial charge in [-0.25, -0.2) is 0 Å². The number of aliphatic carboxylic acids is 1. The van der Waals surface area contributed by atoms with Crippen molar-refractivity contribution in [3.05, 3.63) is 0 Å². The van der Waals surface area contributed by atoms with E-state index in [2.05, 4.69) is 5.32 Å². The summed E-state index contributed by atoms with van der Waals surface area (Å²) >= 11 is 0. The van der Waals surface area contributed by atoms with Crippen LogP contribution in [0.3, 0.4) is 0 Å². The lowest BCUT2D eigenvalue weighted by Crippen LogP contribution is -2.32. The third kappa shape index (κ3) is 2.95. The van der Waals surface area contributed by atoms with Crippen LogP contribution in [0.2, 0.25) is 0 Å². The van der Waals surface area contributed by atoms with Gasteiger partial charge in [-0.15, -0.1) is 0 Å². The third-order valence-corrected chi connectivity index (χ3v) is 3.84. The molecule has 0 spiro atoms. The molecule has 1 aliphatic carbocycles. The second-order valence-corrected chi connectivity index (χ2v) is 5.02. The summed E-state index contributed by atoms with van der Waals surface area (Å²) in [4.78, 5) is 11.0. The lowest BCUT2D eigenvalue weighted by Gasteiger charge is -2.17. The molecule has 0 aromatic heterocycles. The lowest BCUT2D eigenvalue weighted by molar-refractivity contribution is -0.142. The first-order chi connectivity index (χ1) is 7.77. The van der Waals surface area contributed by atoms with Crippen LogP contribution in [0.1, 0.15) is 25.7 Å². The molecule has 0 aromatic carbocycles. The lowest BCUT2D eigenvalue weighted by atomic mass is 9.96. The predicted octanol–water partition coefficient (Wildman–Crippen LogP) is 1.11. The van der Waals surface area contributed by atoms with Crippen molar-refractivity contribution in [2.75, 3.05) is 26.3 Å². The van der Waals surface area contributed by atoms with E-state index in [4.69, 9.17) is 9.84 Å². The second-order valence-electron chi connectivity index (χ2n) is 5.02. The van der Waals surface area contributed by atoms with Crippen molar-refractivity contribution in [2.24, 2.45) is 17.8 Å². The minimum absolute atomic E-state index is 0.118. The van der Waals surface area contributed by atoms with Gasteiger partial charge in [0, 0.05) is 13.2 Å². The molecule has 0 amide bonds. The molecule has 3 unspecified atom stereocenters. The van der Waals surface area contributed by atoms with Gasteiger partial charge in [-0.3, -0.25) is 4.79 Å². The van der Waals surface area contributed by atoms with Gasteiger partial charge >= 0.3 is 5.97 Å². The summed E-state index contributed by atoms with van der Waals surface area (Å²) in [5, 5.41) is 12.5. The summed E-state index contributed by atoms with van der Waals surface area (Å²) in [7, 11) is 0. The SMILES string of the molecule is O=C(O)C1CCCC1CNCC1CCOC1. The molecule has 1 heterocycles. The fourth-order valence-electron chi connectivity index (χ4n) is 2.82. The minimum Gasteiger partial charge on any atom is -0.481 e. The Hall–Kier alpha value is -0.610. The zero-order chi connectivity index (χ0) is 11.4. The maximum atomic E-state index is 11.0. The van der Waals surface area contributed by atoms with Crippen molar-refractivity contribution < 1.29 is 14.6 Å². The van der Waals surface area contributed by atoms with Crippen molar-refractivity contribution in [1.82, 2.24) is 5.32 Å². The average molecular weight is 227 g/mol. The van der Waals surface area contributed by atoms with Gasteiger partial charge in [-0.2, -0.15) is 0 Å². The molecule has 16 heavy (non-hydrogen) atoms. The van der Waals surface area contributed by atoms with E-state index in [1.54, 1.807) is 0 Å². The molecule has 4 nitrogen and oxygen atoms in total. The highest BCUT2D eigenvalue weighted by molar-refractivity contribution is 5.70. The molecule has 1 aliphatic heterocycles. The highest BCUT2D eigenvalue weighted by Crippen LogP contribution is 2.31. The molecule has 92 valence electrons. The summed E-state index contributed by atoms with van der Waals surface area (Å²) < 4.78 is 5.30. The molecule has 3 atom stereocenters. The number of carbonyl (C=O) groups is 1. The Morgan fingerprint density at radius 3 is 2.88 bits per heavy atom. The number of rotatable bonds is 5. The normalized spacial score (nSPS) is 34.4. The largest absolute Gasteiger partial charge is 0.481 e. The summed E-state index contributed by atoms with van der Waals surface area (Å²) in [5.74, 6) is 0.227. The van der Waals surface area contributed by atoms with E-state index in [1.165, 1.54) is 0 Å². The van der Waals surface area contributed by atoms with Crippen molar-refractivity contribution in [3.8, 4) is 0 Å². The Morgan fingerprint density at radius 1 is 1.31 bits per heavy atom. The molecule has 2 aliphatic rings. The van der Waals surface area contributed by atoms with E-state index in [0.29, 0.717) is 11.8 Å². The third-order valence-electron chi connectivity index (χ3n) is 3.84. The minimum atomic E-state index is -0.617. The van der Waals surface area contributed by atoms with E-state index in [9.17, 15) is 4.79 Å². The van der Waals surface area contributed by atoms with Crippen LogP contribution in [-0.4, -0.2) is 37.4 Å². The maximum Gasteiger partial charge on any atom is 0.306 e. The van der Waals surface area contributed by atoms with Gasteiger partial charge in [0.2, 0.25) is 0 Å². The van der Waals surface area contributed by atoms with Crippen molar-refractivity contribution >= 4 is 5.97 Å². The van der Waals surface area contributed by atoms with Gasteiger partial charge in [-0.05, 0) is 37.6 Å². The average Bonchev–Trinajstić information content (AvgIpc) is 2.87. The second kappa shape index (κ2) is 5.64. The van der Waals surface area contributed by atoms with E-state index >= 15 is 0 Å². The molecule has 2 N–H and O–H groups in total. The highest BCUT2D eigenvalue weighted by Gasteiger charge is 2.32. The Morgan fingerprint density at radius 2 is 2.19 bits per heavy atom. The Balaban J connectivity index is 1.66. The Labute approximate surface area is 96.4 Å².